The lowest BCUT2D eigenvalue weighted by atomic mass is 9.95. The molecule has 2 heterocycles. The van der Waals surface area contributed by atoms with Crippen LogP contribution >= 0.6 is 0 Å². The van der Waals surface area contributed by atoms with Crippen molar-refractivity contribution in [2.45, 2.75) is 18.4 Å². The number of nitrogens with zero attached hydrogens (tertiary/aromatic N) is 2. The van der Waals surface area contributed by atoms with Crippen LogP contribution in [0.4, 0.5) is 15.0 Å². The number of nitrogens with one attached hydrogen (secondary N) is 2. The number of carbonyl (C=O) groups excluding carboxylic acids is 2. The molecule has 1 aliphatic heterocycles. The highest BCUT2D eigenvalue weighted by molar-refractivity contribution is 5.99. The van der Waals surface area contributed by atoms with E-state index in [0.29, 0.717) is 29.3 Å². The Hall–Kier alpha value is -3.47. The molecule has 2 N–H and O–H groups in total. The number of pyridine rings is 1. The first-order valence-electron chi connectivity index (χ1n) is 8.91. The summed E-state index contributed by atoms with van der Waals surface area (Å²) in [4.78, 5) is 28.6. The van der Waals surface area contributed by atoms with Crippen molar-refractivity contribution < 1.29 is 18.7 Å². The molecule has 3 atom stereocenters. The fourth-order valence-electron chi connectivity index (χ4n) is 3.67. The Labute approximate surface area is 160 Å². The fraction of sp³-hybridized carbons (Fsp3) is 0.300. The number of ketones is 1. The van der Waals surface area contributed by atoms with E-state index in [4.69, 9.17) is 10.00 Å². The van der Waals surface area contributed by atoms with E-state index in [0.717, 1.165) is 5.56 Å². The largest absolute Gasteiger partial charge is 0.493 e. The minimum absolute atomic E-state index is 0.0387. The number of aromatic nitrogens is 1. The number of halogens is 1. The van der Waals surface area contributed by atoms with Crippen LogP contribution < -0.4 is 15.4 Å². The maximum absolute atomic E-state index is 12.6. The van der Waals surface area contributed by atoms with Crippen molar-refractivity contribution in [3.63, 3.8) is 0 Å². The Bertz CT molecular complexity index is 970. The lowest BCUT2D eigenvalue weighted by Crippen LogP contribution is -2.32. The number of anilines is 1. The van der Waals surface area contributed by atoms with Crippen molar-refractivity contribution in [2.24, 2.45) is 5.92 Å². The van der Waals surface area contributed by atoms with Crippen LogP contribution in [-0.2, 0) is 0 Å². The Morgan fingerprint density at radius 2 is 2.18 bits per heavy atom. The number of fused-ring (bicyclic) bond motifs is 3. The number of hydrogen-bond acceptors (Lipinski definition) is 5. The molecule has 142 valence electrons. The monoisotopic (exact) mass is 380 g/mol. The predicted octanol–water partition coefficient (Wildman–Crippen LogP) is 2.79. The lowest BCUT2D eigenvalue weighted by molar-refractivity contribution is 0.0972. The van der Waals surface area contributed by atoms with Gasteiger partial charge in [0.15, 0.2) is 5.78 Å². The standard InChI is InChI=1S/C20H17FN4O3/c21-7-6-14(26)12-2-1-3-15-17(12)18-13(10-28-15)19(18)25-20(27)24-16-5-4-11(8-22)9-23-16/h1-5,9,13,18-19H,6-7,10H2,(H2,23,24,25,27). The third-order valence-corrected chi connectivity index (χ3v) is 5.05. The van der Waals surface area contributed by atoms with E-state index >= 15 is 0 Å². The zero-order valence-electron chi connectivity index (χ0n) is 14.8. The van der Waals surface area contributed by atoms with Gasteiger partial charge >= 0.3 is 6.03 Å². The smallest absolute Gasteiger partial charge is 0.320 e. The molecule has 1 aromatic carbocycles. The number of hydrogen-bond donors (Lipinski definition) is 2. The summed E-state index contributed by atoms with van der Waals surface area (Å²) >= 11 is 0. The van der Waals surface area contributed by atoms with Crippen LogP contribution in [0.1, 0.15) is 33.8 Å². The average Bonchev–Trinajstić information content (AvgIpc) is 3.41. The second-order valence-corrected chi connectivity index (χ2v) is 6.75. The second-order valence-electron chi connectivity index (χ2n) is 6.75. The minimum Gasteiger partial charge on any atom is -0.493 e. The van der Waals surface area contributed by atoms with Crippen molar-refractivity contribution in [1.29, 1.82) is 5.26 Å². The van der Waals surface area contributed by atoms with Gasteiger partial charge in [-0.2, -0.15) is 5.26 Å². The van der Waals surface area contributed by atoms with Gasteiger partial charge in [0.05, 0.1) is 18.8 Å². The van der Waals surface area contributed by atoms with E-state index in [1.54, 1.807) is 30.3 Å². The topological polar surface area (TPSA) is 104 Å². The summed E-state index contributed by atoms with van der Waals surface area (Å²) in [7, 11) is 0. The normalized spacial score (nSPS) is 21.4. The first kappa shape index (κ1) is 17.9. The highest BCUT2D eigenvalue weighted by Gasteiger charge is 2.56. The SMILES string of the molecule is N#Cc1ccc(NC(=O)NC2C3COc4cccc(C(=O)CCF)c4C32)nc1. The van der Waals surface area contributed by atoms with Gasteiger partial charge in [0.25, 0.3) is 0 Å². The number of benzene rings is 1. The van der Waals surface area contributed by atoms with Crippen LogP contribution in [0.5, 0.6) is 5.75 Å². The van der Waals surface area contributed by atoms with Crippen LogP contribution in [0.3, 0.4) is 0 Å². The molecular formula is C20H17FN4O3. The van der Waals surface area contributed by atoms with Crippen LogP contribution in [0.25, 0.3) is 0 Å². The van der Waals surface area contributed by atoms with Crippen LogP contribution in [0.2, 0.25) is 0 Å². The second kappa shape index (κ2) is 7.27. The molecule has 2 aliphatic rings. The van der Waals surface area contributed by atoms with Crippen molar-refractivity contribution >= 4 is 17.6 Å². The van der Waals surface area contributed by atoms with Crippen molar-refractivity contribution in [3.05, 3.63) is 53.2 Å². The lowest BCUT2D eigenvalue weighted by Gasteiger charge is -2.18. The quantitative estimate of drug-likeness (QED) is 0.776. The molecule has 1 fully saturated rings. The summed E-state index contributed by atoms with van der Waals surface area (Å²) in [5.41, 5.74) is 1.61. The Morgan fingerprint density at radius 1 is 1.32 bits per heavy atom. The number of alkyl halides is 1. The molecule has 28 heavy (non-hydrogen) atoms. The van der Waals surface area contributed by atoms with Gasteiger partial charge in [-0.15, -0.1) is 0 Å². The first-order chi connectivity index (χ1) is 13.6. The van der Waals surface area contributed by atoms with Gasteiger partial charge in [-0.05, 0) is 18.2 Å². The summed E-state index contributed by atoms with van der Waals surface area (Å²) in [5.74, 6) is 0.704. The summed E-state index contributed by atoms with van der Waals surface area (Å²) in [6.45, 7) is -0.266. The van der Waals surface area contributed by atoms with E-state index in [2.05, 4.69) is 15.6 Å². The van der Waals surface area contributed by atoms with Gasteiger partial charge in [-0.25, -0.2) is 9.78 Å². The molecule has 8 heteroatoms. The highest BCUT2D eigenvalue weighted by atomic mass is 19.1. The molecule has 4 rings (SSSR count). The highest BCUT2D eigenvalue weighted by Crippen LogP contribution is 2.55. The molecule has 1 aliphatic carbocycles. The van der Waals surface area contributed by atoms with Gasteiger partial charge < -0.3 is 10.1 Å². The summed E-state index contributed by atoms with van der Waals surface area (Å²) in [5, 5.41) is 14.3. The van der Waals surface area contributed by atoms with Gasteiger partial charge in [0, 0.05) is 41.6 Å². The van der Waals surface area contributed by atoms with E-state index in [9.17, 15) is 14.0 Å². The fourth-order valence-corrected chi connectivity index (χ4v) is 3.67. The Morgan fingerprint density at radius 3 is 2.89 bits per heavy atom. The summed E-state index contributed by atoms with van der Waals surface area (Å²) < 4.78 is 18.4. The first-order valence-corrected chi connectivity index (χ1v) is 8.91. The number of carbonyl (C=O) groups is 2. The Balaban J connectivity index is 1.47. The minimum atomic E-state index is -0.709. The third kappa shape index (κ3) is 3.27. The number of urea groups is 1. The van der Waals surface area contributed by atoms with Crippen LogP contribution in [0.15, 0.2) is 36.5 Å². The van der Waals surface area contributed by atoms with Crippen molar-refractivity contribution in [2.75, 3.05) is 18.6 Å². The molecule has 2 amide bonds. The van der Waals surface area contributed by atoms with Crippen molar-refractivity contribution in [1.82, 2.24) is 10.3 Å². The molecule has 0 bridgehead atoms. The zero-order chi connectivity index (χ0) is 19.7. The number of rotatable bonds is 5. The van der Waals surface area contributed by atoms with Gasteiger partial charge in [0.1, 0.15) is 17.6 Å². The number of amides is 2. The molecular weight excluding hydrogens is 363 g/mol. The van der Waals surface area contributed by atoms with Gasteiger partial charge in [-0.1, -0.05) is 12.1 Å². The third-order valence-electron chi connectivity index (χ3n) is 5.05. The maximum atomic E-state index is 12.6. The van der Waals surface area contributed by atoms with E-state index in [-0.39, 0.29) is 30.1 Å². The molecule has 0 spiro atoms. The maximum Gasteiger partial charge on any atom is 0.320 e. The number of nitriles is 1. The van der Waals surface area contributed by atoms with E-state index < -0.39 is 12.7 Å². The molecule has 2 aromatic rings. The zero-order valence-corrected chi connectivity index (χ0v) is 14.8. The number of ether oxygens (including phenoxy) is 1. The average molecular weight is 380 g/mol. The van der Waals surface area contributed by atoms with Crippen LogP contribution in [-0.4, -0.2) is 36.1 Å². The summed E-state index contributed by atoms with van der Waals surface area (Å²) in [6, 6.07) is 9.65. The van der Waals surface area contributed by atoms with Gasteiger partial charge in [-0.3, -0.25) is 14.5 Å². The molecule has 1 saturated carbocycles. The Kier molecular flexibility index (Phi) is 4.65. The number of Topliss-reactive ketones (excluding diaryl/α,β-unsaturated/α-hetero) is 1. The molecule has 0 saturated heterocycles. The molecule has 7 nitrogen and oxygen atoms in total. The van der Waals surface area contributed by atoms with E-state index in [1.807, 2.05) is 6.07 Å². The molecule has 1 aromatic heterocycles. The summed E-state index contributed by atoms with van der Waals surface area (Å²) in [6.07, 6.45) is 1.20. The van der Waals surface area contributed by atoms with E-state index in [1.165, 1.54) is 6.20 Å². The predicted molar refractivity (Wildman–Crippen MR) is 98.0 cm³/mol. The van der Waals surface area contributed by atoms with Crippen LogP contribution in [0, 0.1) is 17.2 Å². The molecule has 3 unspecified atom stereocenters. The van der Waals surface area contributed by atoms with Crippen molar-refractivity contribution in [3.8, 4) is 11.8 Å². The molecule has 0 radical (unpaired) electrons. The van der Waals surface area contributed by atoms with Gasteiger partial charge in [0.2, 0.25) is 0 Å².